The molecule has 0 spiro atoms. The van der Waals surface area contributed by atoms with Crippen LogP contribution >= 0.6 is 15.9 Å². The maximum Gasteiger partial charge on any atom is 0.136 e. The molecule has 0 heterocycles. The first-order valence-electron chi connectivity index (χ1n) is 6.38. The van der Waals surface area contributed by atoms with E-state index in [4.69, 9.17) is 9.47 Å². The van der Waals surface area contributed by atoms with Crippen LogP contribution in [0.25, 0.3) is 0 Å². The lowest BCUT2D eigenvalue weighted by atomic mass is 10.1. The van der Waals surface area contributed by atoms with Crippen LogP contribution in [0.15, 0.2) is 16.6 Å². The Morgan fingerprint density at radius 2 is 1.83 bits per heavy atom. The summed E-state index contributed by atoms with van der Waals surface area (Å²) >= 11 is 3.52. The molecule has 18 heavy (non-hydrogen) atoms. The fourth-order valence-corrected chi connectivity index (χ4v) is 3.00. The number of ether oxygens (including phenoxy) is 2. The molecule has 4 heteroatoms. The van der Waals surface area contributed by atoms with Crippen molar-refractivity contribution in [3.8, 4) is 11.5 Å². The van der Waals surface area contributed by atoms with Crippen LogP contribution in [-0.4, -0.2) is 20.3 Å². The fourth-order valence-electron chi connectivity index (χ4n) is 2.44. The van der Waals surface area contributed by atoms with E-state index in [9.17, 15) is 0 Å². The Bertz CT molecular complexity index is 403. The molecule has 1 N–H and O–H groups in total. The maximum atomic E-state index is 5.42. The molecule has 1 saturated carbocycles. The van der Waals surface area contributed by atoms with Crippen molar-refractivity contribution in [1.82, 2.24) is 5.32 Å². The first kappa shape index (κ1) is 13.7. The lowest BCUT2D eigenvalue weighted by Crippen LogP contribution is -2.25. The minimum Gasteiger partial charge on any atom is -0.496 e. The molecule has 1 aliphatic carbocycles. The van der Waals surface area contributed by atoms with E-state index in [1.165, 1.54) is 25.7 Å². The van der Waals surface area contributed by atoms with Crippen LogP contribution in [0, 0.1) is 0 Å². The van der Waals surface area contributed by atoms with Crippen LogP contribution in [0.1, 0.15) is 31.2 Å². The normalized spacial score (nSPS) is 15.9. The highest BCUT2D eigenvalue weighted by atomic mass is 79.9. The van der Waals surface area contributed by atoms with Gasteiger partial charge in [0.25, 0.3) is 0 Å². The number of rotatable bonds is 5. The van der Waals surface area contributed by atoms with Crippen molar-refractivity contribution >= 4 is 15.9 Å². The van der Waals surface area contributed by atoms with E-state index in [1.54, 1.807) is 14.2 Å². The summed E-state index contributed by atoms with van der Waals surface area (Å²) in [4.78, 5) is 0. The summed E-state index contributed by atoms with van der Waals surface area (Å²) in [5.74, 6) is 1.68. The highest BCUT2D eigenvalue weighted by Gasteiger charge is 2.15. The van der Waals surface area contributed by atoms with Crippen LogP contribution in [0.4, 0.5) is 0 Å². The topological polar surface area (TPSA) is 30.5 Å². The predicted octanol–water partition coefficient (Wildman–Crippen LogP) is 3.50. The lowest BCUT2D eigenvalue weighted by molar-refractivity contribution is 0.386. The third-order valence-electron chi connectivity index (χ3n) is 3.49. The number of benzene rings is 1. The molecule has 1 aromatic carbocycles. The Morgan fingerprint density at radius 1 is 1.17 bits per heavy atom. The molecule has 0 atom stereocenters. The van der Waals surface area contributed by atoms with Crippen LogP contribution < -0.4 is 14.8 Å². The molecule has 1 aromatic rings. The summed E-state index contributed by atoms with van der Waals surface area (Å²) in [6.45, 7) is 0.844. The van der Waals surface area contributed by atoms with Gasteiger partial charge in [-0.25, -0.2) is 0 Å². The molecular formula is C14H20BrNO2. The summed E-state index contributed by atoms with van der Waals surface area (Å²) < 4.78 is 11.7. The Balaban J connectivity index is 2.08. The van der Waals surface area contributed by atoms with Gasteiger partial charge in [-0.3, -0.25) is 0 Å². The quantitative estimate of drug-likeness (QED) is 0.902. The summed E-state index contributed by atoms with van der Waals surface area (Å²) in [5, 5.41) is 3.60. The standard InChI is InChI=1S/C14H20BrNO2/c1-17-13-8-14(18-2)12(15)7-10(13)9-16-11-5-3-4-6-11/h7-8,11,16H,3-6,9H2,1-2H3. The van der Waals surface area contributed by atoms with Gasteiger partial charge >= 0.3 is 0 Å². The molecule has 100 valence electrons. The van der Waals surface area contributed by atoms with Gasteiger partial charge in [0.05, 0.1) is 18.7 Å². The van der Waals surface area contributed by atoms with Crippen LogP contribution in [-0.2, 0) is 6.54 Å². The molecule has 0 radical (unpaired) electrons. The largest absolute Gasteiger partial charge is 0.496 e. The zero-order chi connectivity index (χ0) is 13.0. The number of hydrogen-bond donors (Lipinski definition) is 1. The predicted molar refractivity (Wildman–Crippen MR) is 76.3 cm³/mol. The van der Waals surface area contributed by atoms with E-state index in [0.717, 1.165) is 28.1 Å². The van der Waals surface area contributed by atoms with Gasteiger partial charge < -0.3 is 14.8 Å². The smallest absolute Gasteiger partial charge is 0.136 e. The van der Waals surface area contributed by atoms with Crippen molar-refractivity contribution < 1.29 is 9.47 Å². The van der Waals surface area contributed by atoms with Gasteiger partial charge in [-0.2, -0.15) is 0 Å². The highest BCUT2D eigenvalue weighted by molar-refractivity contribution is 9.10. The van der Waals surface area contributed by atoms with Gasteiger partial charge in [-0.05, 0) is 34.8 Å². The number of halogens is 1. The van der Waals surface area contributed by atoms with E-state index in [-0.39, 0.29) is 0 Å². The monoisotopic (exact) mass is 313 g/mol. The van der Waals surface area contributed by atoms with Crippen molar-refractivity contribution in [3.63, 3.8) is 0 Å². The lowest BCUT2D eigenvalue weighted by Gasteiger charge is -2.15. The van der Waals surface area contributed by atoms with Gasteiger partial charge in [0.15, 0.2) is 0 Å². The van der Waals surface area contributed by atoms with E-state index < -0.39 is 0 Å². The second-order valence-electron chi connectivity index (χ2n) is 4.66. The summed E-state index contributed by atoms with van der Waals surface area (Å²) in [6.07, 6.45) is 5.28. The van der Waals surface area contributed by atoms with Gasteiger partial charge in [0.1, 0.15) is 11.5 Å². The number of hydrogen-bond acceptors (Lipinski definition) is 3. The van der Waals surface area contributed by atoms with Crippen molar-refractivity contribution in [3.05, 3.63) is 22.2 Å². The average Bonchev–Trinajstić information content (AvgIpc) is 2.89. The molecule has 3 nitrogen and oxygen atoms in total. The van der Waals surface area contributed by atoms with Gasteiger partial charge in [-0.1, -0.05) is 12.8 Å². The van der Waals surface area contributed by atoms with Crippen molar-refractivity contribution in [2.75, 3.05) is 14.2 Å². The Hall–Kier alpha value is -0.740. The zero-order valence-corrected chi connectivity index (χ0v) is 12.5. The van der Waals surface area contributed by atoms with Crippen molar-refractivity contribution in [2.24, 2.45) is 0 Å². The van der Waals surface area contributed by atoms with Gasteiger partial charge in [0, 0.05) is 24.2 Å². The van der Waals surface area contributed by atoms with E-state index >= 15 is 0 Å². The molecule has 0 aliphatic heterocycles. The molecule has 0 bridgehead atoms. The molecule has 2 rings (SSSR count). The molecule has 1 fully saturated rings. The molecular weight excluding hydrogens is 294 g/mol. The van der Waals surface area contributed by atoms with Crippen molar-refractivity contribution in [2.45, 2.75) is 38.3 Å². The first-order chi connectivity index (χ1) is 8.74. The Labute approximate surface area is 117 Å². The summed E-state index contributed by atoms with van der Waals surface area (Å²) in [6, 6.07) is 4.66. The minimum atomic E-state index is 0.663. The first-order valence-corrected chi connectivity index (χ1v) is 7.17. The zero-order valence-electron chi connectivity index (χ0n) is 11.0. The molecule has 0 aromatic heterocycles. The number of nitrogens with one attached hydrogen (secondary N) is 1. The van der Waals surface area contributed by atoms with Gasteiger partial charge in [-0.15, -0.1) is 0 Å². The van der Waals surface area contributed by atoms with Crippen LogP contribution in [0.2, 0.25) is 0 Å². The highest BCUT2D eigenvalue weighted by Crippen LogP contribution is 2.33. The number of methoxy groups -OCH3 is 2. The molecule has 1 aliphatic rings. The Kier molecular flexibility index (Phi) is 4.89. The third kappa shape index (κ3) is 3.18. The SMILES string of the molecule is COc1cc(OC)c(CNC2CCCC2)cc1Br. The third-order valence-corrected chi connectivity index (χ3v) is 4.11. The van der Waals surface area contributed by atoms with Crippen molar-refractivity contribution in [1.29, 1.82) is 0 Å². The van der Waals surface area contributed by atoms with Crippen LogP contribution in [0.5, 0.6) is 11.5 Å². The summed E-state index contributed by atoms with van der Waals surface area (Å²) in [5.41, 5.74) is 1.16. The maximum absolute atomic E-state index is 5.42. The fraction of sp³-hybridized carbons (Fsp3) is 0.571. The van der Waals surface area contributed by atoms with Crippen LogP contribution in [0.3, 0.4) is 0 Å². The second-order valence-corrected chi connectivity index (χ2v) is 5.52. The molecule has 0 saturated heterocycles. The average molecular weight is 314 g/mol. The Morgan fingerprint density at radius 3 is 2.44 bits per heavy atom. The second kappa shape index (κ2) is 6.43. The van der Waals surface area contributed by atoms with E-state index in [0.29, 0.717) is 6.04 Å². The van der Waals surface area contributed by atoms with Gasteiger partial charge in [0.2, 0.25) is 0 Å². The van der Waals surface area contributed by atoms with E-state index in [2.05, 4.69) is 27.3 Å². The van der Waals surface area contributed by atoms with E-state index in [1.807, 2.05) is 6.07 Å². The molecule has 0 amide bonds. The summed E-state index contributed by atoms with van der Waals surface area (Å²) in [7, 11) is 3.36. The minimum absolute atomic E-state index is 0.663. The molecule has 0 unspecified atom stereocenters.